The van der Waals surface area contributed by atoms with Gasteiger partial charge < -0.3 is 15.0 Å². The van der Waals surface area contributed by atoms with Crippen molar-refractivity contribution in [1.82, 2.24) is 10.2 Å². The van der Waals surface area contributed by atoms with Crippen molar-refractivity contribution in [1.29, 1.82) is 0 Å². The molecule has 1 N–H and O–H groups in total. The van der Waals surface area contributed by atoms with Crippen molar-refractivity contribution >= 4 is 5.91 Å². The van der Waals surface area contributed by atoms with Gasteiger partial charge in [-0.3, -0.25) is 4.79 Å². The summed E-state index contributed by atoms with van der Waals surface area (Å²) in [4.78, 5) is 13.8. The van der Waals surface area contributed by atoms with Crippen molar-refractivity contribution in [3.63, 3.8) is 0 Å². The number of alkyl halides is 3. The maximum Gasteiger partial charge on any atom is 0.422 e. The summed E-state index contributed by atoms with van der Waals surface area (Å²) in [6, 6.07) is 6.23. The molecule has 1 aromatic carbocycles. The third-order valence-electron chi connectivity index (χ3n) is 3.13. The van der Waals surface area contributed by atoms with Crippen LogP contribution in [-0.2, 0) is 11.2 Å². The van der Waals surface area contributed by atoms with E-state index in [-0.39, 0.29) is 18.1 Å². The lowest BCUT2D eigenvalue weighted by Gasteiger charge is -2.27. The standard InChI is InChI=1S/C14H17F3N2O2/c15-14(16,17)10-21-12-3-1-2-11(8-12)9-13(20)19-6-4-18-5-7-19/h1-3,8,18H,4-7,9-10H2. The molecule has 0 spiro atoms. The number of benzene rings is 1. The first-order valence-electron chi connectivity index (χ1n) is 6.71. The van der Waals surface area contributed by atoms with Crippen LogP contribution in [0.4, 0.5) is 13.2 Å². The third-order valence-corrected chi connectivity index (χ3v) is 3.13. The fourth-order valence-corrected chi connectivity index (χ4v) is 2.11. The Labute approximate surface area is 120 Å². The molecule has 7 heteroatoms. The second-order valence-electron chi connectivity index (χ2n) is 4.86. The largest absolute Gasteiger partial charge is 0.484 e. The van der Waals surface area contributed by atoms with E-state index in [0.717, 1.165) is 13.1 Å². The van der Waals surface area contributed by atoms with Crippen molar-refractivity contribution in [2.45, 2.75) is 12.6 Å². The second-order valence-corrected chi connectivity index (χ2v) is 4.86. The highest BCUT2D eigenvalue weighted by molar-refractivity contribution is 5.79. The number of hydrogen-bond donors (Lipinski definition) is 1. The van der Waals surface area contributed by atoms with Crippen molar-refractivity contribution < 1.29 is 22.7 Å². The Morgan fingerprint density at radius 3 is 2.67 bits per heavy atom. The Morgan fingerprint density at radius 1 is 1.29 bits per heavy atom. The van der Waals surface area contributed by atoms with Crippen molar-refractivity contribution in [2.75, 3.05) is 32.8 Å². The van der Waals surface area contributed by atoms with Crippen molar-refractivity contribution in [2.24, 2.45) is 0 Å². The summed E-state index contributed by atoms with van der Waals surface area (Å²) in [5, 5.41) is 3.15. The Bertz CT molecular complexity index is 485. The van der Waals surface area contributed by atoms with Crippen LogP contribution in [-0.4, -0.2) is 49.8 Å². The second kappa shape index (κ2) is 6.80. The zero-order valence-corrected chi connectivity index (χ0v) is 11.4. The fraction of sp³-hybridized carbons (Fsp3) is 0.500. The number of hydrogen-bond acceptors (Lipinski definition) is 3. The number of piperazine rings is 1. The summed E-state index contributed by atoms with van der Waals surface area (Å²) in [7, 11) is 0. The van der Waals surface area contributed by atoms with Crippen LogP contribution in [0.5, 0.6) is 5.75 Å². The molecule has 0 saturated carbocycles. The van der Waals surface area contributed by atoms with Gasteiger partial charge in [-0.1, -0.05) is 12.1 Å². The maximum atomic E-state index is 12.1. The number of carbonyl (C=O) groups is 1. The van der Waals surface area contributed by atoms with Gasteiger partial charge in [-0.15, -0.1) is 0 Å². The van der Waals surface area contributed by atoms with Crippen LogP contribution >= 0.6 is 0 Å². The highest BCUT2D eigenvalue weighted by Gasteiger charge is 2.28. The zero-order valence-electron chi connectivity index (χ0n) is 11.4. The average molecular weight is 302 g/mol. The van der Waals surface area contributed by atoms with Gasteiger partial charge >= 0.3 is 6.18 Å². The Morgan fingerprint density at radius 2 is 2.00 bits per heavy atom. The van der Waals surface area contributed by atoms with E-state index in [4.69, 9.17) is 0 Å². The number of carbonyl (C=O) groups excluding carboxylic acids is 1. The Balaban J connectivity index is 1.92. The highest BCUT2D eigenvalue weighted by atomic mass is 19.4. The summed E-state index contributed by atoms with van der Waals surface area (Å²) < 4.78 is 41.0. The molecule has 116 valence electrons. The molecule has 1 fully saturated rings. The summed E-state index contributed by atoms with van der Waals surface area (Å²) in [6.07, 6.45) is -4.20. The molecule has 2 rings (SSSR count). The zero-order chi connectivity index (χ0) is 15.3. The quantitative estimate of drug-likeness (QED) is 0.918. The number of nitrogens with zero attached hydrogens (tertiary/aromatic N) is 1. The van der Waals surface area contributed by atoms with E-state index < -0.39 is 12.8 Å². The SMILES string of the molecule is O=C(Cc1cccc(OCC(F)(F)F)c1)N1CCNCC1. The predicted octanol–water partition coefficient (Wildman–Crippen LogP) is 1.60. The first-order valence-corrected chi connectivity index (χ1v) is 6.71. The highest BCUT2D eigenvalue weighted by Crippen LogP contribution is 2.19. The molecular weight excluding hydrogens is 285 g/mol. The number of nitrogens with one attached hydrogen (secondary N) is 1. The smallest absolute Gasteiger partial charge is 0.422 e. The van der Waals surface area contributed by atoms with Crippen LogP contribution in [0.2, 0.25) is 0 Å². The van der Waals surface area contributed by atoms with E-state index >= 15 is 0 Å². The van der Waals surface area contributed by atoms with Crippen molar-refractivity contribution in [3.8, 4) is 5.75 Å². The van der Waals surface area contributed by atoms with Crippen LogP contribution in [0, 0.1) is 0 Å². The third kappa shape index (κ3) is 5.26. The normalized spacial score (nSPS) is 15.9. The Kier molecular flexibility index (Phi) is 5.06. The molecule has 1 aliphatic heterocycles. The van der Waals surface area contributed by atoms with Gasteiger partial charge in [0.2, 0.25) is 5.91 Å². The lowest BCUT2D eigenvalue weighted by atomic mass is 10.1. The lowest BCUT2D eigenvalue weighted by molar-refractivity contribution is -0.153. The molecule has 1 heterocycles. The van der Waals surface area contributed by atoms with Gasteiger partial charge in [0.05, 0.1) is 6.42 Å². The number of rotatable bonds is 4. The summed E-state index contributed by atoms with van der Waals surface area (Å²) >= 11 is 0. The van der Waals surface area contributed by atoms with Crippen LogP contribution < -0.4 is 10.1 Å². The first-order chi connectivity index (χ1) is 9.94. The number of halogens is 3. The van der Waals surface area contributed by atoms with Gasteiger partial charge in [-0.2, -0.15) is 13.2 Å². The topological polar surface area (TPSA) is 41.6 Å². The number of ether oxygens (including phenoxy) is 1. The molecular formula is C14H17F3N2O2. The first kappa shape index (κ1) is 15.6. The average Bonchev–Trinajstić information content (AvgIpc) is 2.46. The molecule has 0 radical (unpaired) electrons. The minimum Gasteiger partial charge on any atom is -0.484 e. The molecule has 21 heavy (non-hydrogen) atoms. The van der Waals surface area contributed by atoms with Gasteiger partial charge in [0.25, 0.3) is 0 Å². The van der Waals surface area contributed by atoms with Crippen molar-refractivity contribution in [3.05, 3.63) is 29.8 Å². The van der Waals surface area contributed by atoms with Gasteiger partial charge in [0.1, 0.15) is 5.75 Å². The minimum absolute atomic E-state index is 0.0236. The molecule has 0 unspecified atom stereocenters. The lowest BCUT2D eigenvalue weighted by Crippen LogP contribution is -2.46. The van der Waals surface area contributed by atoms with Crippen LogP contribution in [0.15, 0.2) is 24.3 Å². The monoisotopic (exact) mass is 302 g/mol. The van der Waals surface area contributed by atoms with E-state index in [1.165, 1.54) is 12.1 Å². The van der Waals surface area contributed by atoms with Gasteiger partial charge in [0, 0.05) is 26.2 Å². The molecule has 1 amide bonds. The summed E-state index contributed by atoms with van der Waals surface area (Å²) in [5.41, 5.74) is 0.651. The number of amides is 1. The molecule has 0 aliphatic carbocycles. The summed E-state index contributed by atoms with van der Waals surface area (Å²) in [5.74, 6) is 0.0995. The molecule has 1 aliphatic rings. The van der Waals surface area contributed by atoms with E-state index in [1.54, 1.807) is 17.0 Å². The molecule has 1 saturated heterocycles. The molecule has 1 aromatic rings. The van der Waals surface area contributed by atoms with Gasteiger partial charge in [-0.25, -0.2) is 0 Å². The molecule has 0 bridgehead atoms. The fourth-order valence-electron chi connectivity index (χ4n) is 2.11. The van der Waals surface area contributed by atoms with E-state index in [1.807, 2.05) is 0 Å². The molecule has 4 nitrogen and oxygen atoms in total. The summed E-state index contributed by atoms with van der Waals surface area (Å²) in [6.45, 7) is 1.51. The van der Waals surface area contributed by atoms with Gasteiger partial charge in [-0.05, 0) is 17.7 Å². The van der Waals surface area contributed by atoms with E-state index in [9.17, 15) is 18.0 Å². The molecule has 0 atom stereocenters. The van der Waals surface area contributed by atoms with E-state index in [2.05, 4.69) is 10.1 Å². The maximum absolute atomic E-state index is 12.1. The van der Waals surface area contributed by atoms with Crippen LogP contribution in [0.25, 0.3) is 0 Å². The van der Waals surface area contributed by atoms with Crippen LogP contribution in [0.3, 0.4) is 0 Å². The van der Waals surface area contributed by atoms with E-state index in [0.29, 0.717) is 18.7 Å². The van der Waals surface area contributed by atoms with Gasteiger partial charge in [0.15, 0.2) is 6.61 Å². The minimum atomic E-state index is -4.37. The Hall–Kier alpha value is -1.76. The predicted molar refractivity (Wildman–Crippen MR) is 71.1 cm³/mol. The van der Waals surface area contributed by atoms with Crippen LogP contribution in [0.1, 0.15) is 5.56 Å². The molecule has 0 aromatic heterocycles.